The van der Waals surface area contributed by atoms with Gasteiger partial charge in [0.05, 0.1) is 42.7 Å². The third-order valence-electron chi connectivity index (χ3n) is 8.35. The van der Waals surface area contributed by atoms with E-state index < -0.39 is 77.4 Å². The Labute approximate surface area is 228 Å². The average molecular weight is 556 g/mol. The molecule has 2 aliphatic heterocycles. The molecule has 2 heterocycles. The molecule has 0 spiro atoms. The molecule has 12 nitrogen and oxygen atoms in total. The third kappa shape index (κ3) is 3.86. The number of rotatable bonds is 5. The topological polar surface area (TPSA) is 181 Å². The summed E-state index contributed by atoms with van der Waals surface area (Å²) in [7, 11) is 1.34. The normalized spacial score (nSPS) is 30.8. The minimum absolute atomic E-state index is 0.0257. The molecule has 40 heavy (non-hydrogen) atoms. The first kappa shape index (κ1) is 26.8. The molecular formula is C28H29NO11. The van der Waals surface area contributed by atoms with Crippen molar-refractivity contribution in [2.75, 3.05) is 20.4 Å². The van der Waals surface area contributed by atoms with E-state index >= 15 is 0 Å². The quantitative estimate of drug-likeness (QED) is 0.278. The Balaban J connectivity index is 1.49. The fraction of sp³-hybridized carbons (Fsp3) is 0.464. The molecule has 6 rings (SSSR count). The number of hydrogen-bond acceptors (Lipinski definition) is 12. The highest BCUT2D eigenvalue weighted by Gasteiger charge is 2.50. The second-order valence-electron chi connectivity index (χ2n) is 10.6. The molecule has 5 N–H and O–H groups in total. The Hall–Kier alpha value is -3.39. The summed E-state index contributed by atoms with van der Waals surface area (Å²) in [6.07, 6.45) is -3.28. The smallest absolute Gasteiger partial charge is 0.202 e. The molecule has 2 aromatic carbocycles. The van der Waals surface area contributed by atoms with Crippen molar-refractivity contribution in [3.8, 4) is 17.2 Å². The first-order valence-electron chi connectivity index (χ1n) is 13.0. The zero-order chi connectivity index (χ0) is 28.5. The van der Waals surface area contributed by atoms with Gasteiger partial charge in [-0.25, -0.2) is 0 Å². The second kappa shape index (κ2) is 9.61. The van der Waals surface area contributed by atoms with E-state index in [4.69, 9.17) is 18.9 Å². The van der Waals surface area contributed by atoms with Gasteiger partial charge in [-0.3, -0.25) is 19.7 Å². The van der Waals surface area contributed by atoms with Gasteiger partial charge in [-0.15, -0.1) is 0 Å². The molecule has 0 aromatic heterocycles. The predicted molar refractivity (Wildman–Crippen MR) is 134 cm³/mol. The average Bonchev–Trinajstić information content (AvgIpc) is 3.41. The van der Waals surface area contributed by atoms with E-state index in [1.54, 1.807) is 0 Å². The van der Waals surface area contributed by atoms with Crippen LogP contribution in [0.5, 0.6) is 17.2 Å². The van der Waals surface area contributed by atoms with E-state index in [9.17, 15) is 34.8 Å². The Kier molecular flexibility index (Phi) is 6.44. The molecule has 6 atom stereocenters. The first-order chi connectivity index (χ1) is 19.1. The fourth-order valence-electron chi connectivity index (χ4n) is 6.41. The summed E-state index contributed by atoms with van der Waals surface area (Å²) in [6, 6.07) is 4.34. The number of fused-ring (bicyclic) bond motifs is 4. The molecule has 2 aromatic rings. The van der Waals surface area contributed by atoms with E-state index in [1.165, 1.54) is 25.3 Å². The maximum Gasteiger partial charge on any atom is 0.202 e. The number of Topliss-reactive ketones (excluding diaryl/α,β-unsaturated/α-hetero) is 1. The van der Waals surface area contributed by atoms with Crippen molar-refractivity contribution < 1.29 is 53.8 Å². The number of phenolic OH excluding ortho intramolecular Hbond substituents is 2. The molecule has 0 saturated carbocycles. The lowest BCUT2D eigenvalue weighted by molar-refractivity contribution is -0.244. The SMILES string of the molecule is COc1cccc2c1C(=O)c1c(O)c3c(c(O)c1C2=O)C[C@@](O)(C(=O)CO)C[C@@H]3OC1C[C@@H]2NCO[C@@H]2[C@H](C)O1. The van der Waals surface area contributed by atoms with Crippen LogP contribution in [0.3, 0.4) is 0 Å². The molecule has 0 amide bonds. The molecule has 0 bridgehead atoms. The number of carbonyl (C=O) groups excluding carboxylic acids is 3. The Morgan fingerprint density at radius 2 is 1.90 bits per heavy atom. The molecule has 2 fully saturated rings. The molecule has 1 unspecified atom stereocenters. The van der Waals surface area contributed by atoms with Gasteiger partial charge in [0, 0.05) is 42.0 Å². The van der Waals surface area contributed by atoms with E-state index in [-0.39, 0.29) is 46.3 Å². The van der Waals surface area contributed by atoms with Gasteiger partial charge in [-0.2, -0.15) is 0 Å². The zero-order valence-corrected chi connectivity index (χ0v) is 21.8. The van der Waals surface area contributed by atoms with Crippen LogP contribution in [-0.4, -0.2) is 88.4 Å². The van der Waals surface area contributed by atoms with Crippen molar-refractivity contribution in [3.63, 3.8) is 0 Å². The number of aliphatic hydroxyl groups is 2. The van der Waals surface area contributed by atoms with Crippen molar-refractivity contribution in [2.24, 2.45) is 0 Å². The van der Waals surface area contributed by atoms with Crippen LogP contribution in [0.4, 0.5) is 0 Å². The van der Waals surface area contributed by atoms with Crippen LogP contribution in [0, 0.1) is 0 Å². The zero-order valence-electron chi connectivity index (χ0n) is 21.8. The minimum Gasteiger partial charge on any atom is -0.507 e. The van der Waals surface area contributed by atoms with E-state index in [0.29, 0.717) is 13.2 Å². The number of benzene rings is 2. The van der Waals surface area contributed by atoms with Crippen LogP contribution < -0.4 is 10.1 Å². The van der Waals surface area contributed by atoms with Gasteiger partial charge in [0.25, 0.3) is 0 Å². The maximum atomic E-state index is 13.7. The highest BCUT2D eigenvalue weighted by molar-refractivity contribution is 6.31. The molecule has 2 saturated heterocycles. The first-order valence-corrected chi connectivity index (χ1v) is 13.0. The number of nitrogens with one attached hydrogen (secondary N) is 1. The number of methoxy groups -OCH3 is 1. The molecule has 12 heteroatoms. The van der Waals surface area contributed by atoms with Crippen LogP contribution >= 0.6 is 0 Å². The number of ketones is 3. The summed E-state index contributed by atoms with van der Waals surface area (Å²) in [6.45, 7) is 1.17. The standard InChI is InChI=1S/C28H29NO11/c1-11-27-14(29-10-38-27)6-18(39-11)40-16-8-28(36,17(31)9-30)7-13-20(16)26(35)22-21(24(13)33)23(32)12-4-3-5-15(37-2)19(12)25(22)34/h3-5,11,14,16,18,27,29-30,33,35-36H,6-10H2,1-2H3/t11-,14-,16-,18?,27+,28-/m0/s1. The van der Waals surface area contributed by atoms with Gasteiger partial charge in [0.1, 0.15) is 35.6 Å². The van der Waals surface area contributed by atoms with Gasteiger partial charge in [-0.05, 0) is 13.0 Å². The van der Waals surface area contributed by atoms with E-state index in [0.717, 1.165) is 0 Å². The molecule has 4 aliphatic rings. The maximum absolute atomic E-state index is 13.7. The summed E-state index contributed by atoms with van der Waals surface area (Å²) in [5.41, 5.74) is -3.31. The van der Waals surface area contributed by atoms with Gasteiger partial charge >= 0.3 is 0 Å². The largest absolute Gasteiger partial charge is 0.507 e. The number of ether oxygens (including phenoxy) is 4. The van der Waals surface area contributed by atoms with Crippen molar-refractivity contribution in [2.45, 2.75) is 62.4 Å². The Morgan fingerprint density at radius 3 is 2.62 bits per heavy atom. The van der Waals surface area contributed by atoms with Gasteiger partial charge < -0.3 is 39.4 Å². The summed E-state index contributed by atoms with van der Waals surface area (Å²) < 4.78 is 23.2. The summed E-state index contributed by atoms with van der Waals surface area (Å²) in [4.78, 5) is 39.9. The Morgan fingerprint density at radius 1 is 1.15 bits per heavy atom. The highest BCUT2D eigenvalue weighted by Crippen LogP contribution is 2.52. The van der Waals surface area contributed by atoms with Crippen LogP contribution in [0.1, 0.15) is 68.8 Å². The monoisotopic (exact) mass is 555 g/mol. The lowest BCUT2D eigenvalue weighted by Gasteiger charge is -2.42. The summed E-state index contributed by atoms with van der Waals surface area (Å²) in [5, 5.41) is 47.1. The Bertz CT molecular complexity index is 1440. The number of aliphatic hydroxyl groups excluding tert-OH is 1. The minimum atomic E-state index is -2.19. The van der Waals surface area contributed by atoms with Crippen molar-refractivity contribution in [1.29, 1.82) is 0 Å². The number of carbonyl (C=O) groups is 3. The van der Waals surface area contributed by atoms with E-state index in [1.807, 2.05) is 6.92 Å². The lowest BCUT2D eigenvalue weighted by atomic mass is 9.72. The van der Waals surface area contributed by atoms with Crippen LogP contribution in [-0.2, 0) is 25.4 Å². The number of aromatic hydroxyl groups is 2. The molecule has 2 aliphatic carbocycles. The van der Waals surface area contributed by atoms with Gasteiger partial charge in [-0.1, -0.05) is 12.1 Å². The van der Waals surface area contributed by atoms with Crippen molar-refractivity contribution in [3.05, 3.63) is 51.6 Å². The van der Waals surface area contributed by atoms with Crippen LogP contribution in [0.25, 0.3) is 0 Å². The van der Waals surface area contributed by atoms with Gasteiger partial charge in [0.15, 0.2) is 17.9 Å². The fourth-order valence-corrected chi connectivity index (χ4v) is 6.41. The number of phenols is 2. The summed E-state index contributed by atoms with van der Waals surface area (Å²) >= 11 is 0. The molecule has 0 radical (unpaired) electrons. The van der Waals surface area contributed by atoms with E-state index in [2.05, 4.69) is 5.32 Å². The lowest BCUT2D eigenvalue weighted by Crippen LogP contribution is -2.51. The van der Waals surface area contributed by atoms with Crippen LogP contribution in [0.2, 0.25) is 0 Å². The molecule has 212 valence electrons. The molecular weight excluding hydrogens is 526 g/mol. The third-order valence-corrected chi connectivity index (χ3v) is 8.35. The second-order valence-corrected chi connectivity index (χ2v) is 10.6. The number of hydrogen-bond donors (Lipinski definition) is 5. The van der Waals surface area contributed by atoms with Gasteiger partial charge in [0.2, 0.25) is 5.78 Å². The van der Waals surface area contributed by atoms with Crippen molar-refractivity contribution in [1.82, 2.24) is 5.32 Å². The summed E-state index contributed by atoms with van der Waals surface area (Å²) in [5.74, 6) is -3.53. The highest BCUT2D eigenvalue weighted by atomic mass is 16.7. The van der Waals surface area contributed by atoms with Crippen molar-refractivity contribution >= 4 is 17.3 Å². The van der Waals surface area contributed by atoms with Crippen LogP contribution in [0.15, 0.2) is 18.2 Å². The predicted octanol–water partition coefficient (Wildman–Crippen LogP) is 0.628.